The Bertz CT molecular complexity index is 2020. The van der Waals surface area contributed by atoms with Crippen LogP contribution in [0.15, 0.2) is 30.4 Å². The van der Waals surface area contributed by atoms with Crippen molar-refractivity contribution in [3.63, 3.8) is 0 Å². The maximum Gasteiger partial charge on any atom is 0.306 e. The molecule has 0 saturated carbocycles. The number of rotatable bonds is 20. The molecule has 57 heavy (non-hydrogen) atoms. The Kier molecular flexibility index (Phi) is 15.5. The van der Waals surface area contributed by atoms with Crippen molar-refractivity contribution >= 4 is 57.4 Å². The number of carbonyl (C=O) groups is 6. The molecule has 0 bridgehead atoms. The Labute approximate surface area is 332 Å². The highest BCUT2D eigenvalue weighted by Gasteiger charge is 2.31. The lowest BCUT2D eigenvalue weighted by Crippen LogP contribution is -2.32. The van der Waals surface area contributed by atoms with E-state index in [1.807, 2.05) is 0 Å². The van der Waals surface area contributed by atoms with Gasteiger partial charge in [-0.2, -0.15) is 0 Å². The molecule has 1 aliphatic rings. The number of allylic oxidation sites excluding steroid dienone is 1. The number of imide groups is 1. The minimum atomic E-state index is -0.760. The smallest absolute Gasteiger partial charge is 0.306 e. The Balaban J connectivity index is 1.30. The lowest BCUT2D eigenvalue weighted by molar-refractivity contribution is -0.156. The number of benzene rings is 2. The molecule has 0 aliphatic carbocycles. The molecule has 3 aromatic rings. The summed E-state index contributed by atoms with van der Waals surface area (Å²) in [5.41, 5.74) is 0.158. The second-order valence-corrected chi connectivity index (χ2v) is 14.9. The summed E-state index contributed by atoms with van der Waals surface area (Å²) in [6.45, 7) is 6.48. The summed E-state index contributed by atoms with van der Waals surface area (Å²) >= 11 is 1.02. The van der Waals surface area contributed by atoms with Gasteiger partial charge in [0.25, 0.3) is 5.91 Å². The summed E-state index contributed by atoms with van der Waals surface area (Å²) in [6, 6.07) is 4.50. The first-order valence-corrected chi connectivity index (χ1v) is 18.9. The average Bonchev–Trinajstić information content (AvgIpc) is 3.80. The maximum absolute atomic E-state index is 15.8. The van der Waals surface area contributed by atoms with Crippen molar-refractivity contribution in [2.75, 3.05) is 40.6 Å². The van der Waals surface area contributed by atoms with Gasteiger partial charge < -0.3 is 33.3 Å². The third-order valence-corrected chi connectivity index (χ3v) is 9.58. The van der Waals surface area contributed by atoms with Gasteiger partial charge in [0, 0.05) is 54.1 Å². The van der Waals surface area contributed by atoms with E-state index in [0.29, 0.717) is 16.7 Å². The summed E-state index contributed by atoms with van der Waals surface area (Å²) in [4.78, 5) is 75.4. The number of carbonyl (C=O) groups excluding carboxylic acids is 6. The third-order valence-electron chi connectivity index (χ3n) is 8.46. The van der Waals surface area contributed by atoms with Gasteiger partial charge in [0.1, 0.15) is 12.2 Å². The second-order valence-electron chi connectivity index (χ2n) is 13.8. The number of hydrogen-bond donors (Lipinski definition) is 0. The normalized spacial score (nSPS) is 12.3. The Hall–Kier alpha value is -5.58. The van der Waals surface area contributed by atoms with E-state index < -0.39 is 40.9 Å². The van der Waals surface area contributed by atoms with Gasteiger partial charge in [0.15, 0.2) is 40.4 Å². The number of ketones is 1. The number of hydrogen-bond acceptors (Lipinski definition) is 13. The van der Waals surface area contributed by atoms with E-state index in [2.05, 4.69) is 0 Å². The lowest BCUT2D eigenvalue weighted by Gasteiger charge is -2.20. The van der Waals surface area contributed by atoms with Crippen molar-refractivity contribution in [2.45, 2.75) is 78.5 Å². The van der Waals surface area contributed by atoms with Crippen LogP contribution in [0.2, 0.25) is 0 Å². The largest absolute Gasteiger partial charge is 0.493 e. The molecular weight excluding hydrogens is 771 g/mol. The van der Waals surface area contributed by atoms with E-state index in [1.165, 1.54) is 43.4 Å². The zero-order chi connectivity index (χ0) is 41.9. The minimum absolute atomic E-state index is 0.00816. The van der Waals surface area contributed by atoms with Crippen LogP contribution < -0.4 is 18.9 Å². The monoisotopic (exact) mass is 816 g/mol. The van der Waals surface area contributed by atoms with Crippen LogP contribution in [-0.4, -0.2) is 91.9 Å². The van der Waals surface area contributed by atoms with Gasteiger partial charge >= 0.3 is 11.9 Å². The van der Waals surface area contributed by atoms with E-state index in [0.717, 1.165) is 16.2 Å². The van der Waals surface area contributed by atoms with Crippen LogP contribution in [0.3, 0.4) is 0 Å². The van der Waals surface area contributed by atoms with E-state index >= 15 is 8.78 Å². The highest BCUT2D eigenvalue weighted by atomic mass is 32.1. The zero-order valence-electron chi connectivity index (χ0n) is 32.7. The van der Waals surface area contributed by atoms with Gasteiger partial charge in [-0.05, 0) is 51.5 Å². The molecule has 2 aromatic carbocycles. The van der Waals surface area contributed by atoms with Crippen molar-refractivity contribution in [2.24, 2.45) is 0 Å². The number of Topliss-reactive ketones (excluding diaryl/α,β-unsaturated/α-hetero) is 1. The zero-order valence-corrected chi connectivity index (χ0v) is 33.5. The third kappa shape index (κ3) is 11.7. The number of fused-ring (bicyclic) bond motifs is 2. The van der Waals surface area contributed by atoms with E-state index in [1.54, 1.807) is 33.8 Å². The summed E-state index contributed by atoms with van der Waals surface area (Å²) in [5, 5.41) is 0.111. The van der Waals surface area contributed by atoms with Gasteiger partial charge in [0.2, 0.25) is 12.3 Å². The van der Waals surface area contributed by atoms with E-state index in [4.69, 9.17) is 28.4 Å². The Morgan fingerprint density at radius 1 is 0.860 bits per heavy atom. The molecule has 0 N–H and O–H groups in total. The Morgan fingerprint density at radius 3 is 2.14 bits per heavy atom. The molecule has 0 atom stereocenters. The van der Waals surface area contributed by atoms with Gasteiger partial charge in [-0.1, -0.05) is 6.08 Å². The summed E-state index contributed by atoms with van der Waals surface area (Å²) in [7, 11) is 2.70. The number of thiophene rings is 1. The molecule has 0 spiro atoms. The van der Waals surface area contributed by atoms with Crippen LogP contribution in [0.5, 0.6) is 23.0 Å². The van der Waals surface area contributed by atoms with Gasteiger partial charge in [-0.15, -0.1) is 11.3 Å². The number of halogens is 2. The SMILES string of the molecule is C/C=C\C(=O)N(C=O)CCOC(=O)CCC(=O)c1cc2c(F)c(OCCCOc3c(OC)cc4c(c3F)CN(C(=O)CCC(=O)OC(C)(C)C)C4)c(OC)cc2s1. The molecule has 1 aromatic heterocycles. The molecule has 0 unspecified atom stereocenters. The van der Waals surface area contributed by atoms with Crippen molar-refractivity contribution in [1.82, 2.24) is 9.80 Å². The first kappa shape index (κ1) is 44.1. The predicted molar refractivity (Wildman–Crippen MR) is 203 cm³/mol. The van der Waals surface area contributed by atoms with Crippen molar-refractivity contribution in [3.8, 4) is 23.0 Å². The predicted octanol–water partition coefficient (Wildman–Crippen LogP) is 6.08. The molecule has 3 amide bonds. The molecule has 308 valence electrons. The molecule has 0 fully saturated rings. The molecule has 1 aliphatic heterocycles. The van der Waals surface area contributed by atoms with Crippen LogP contribution in [-0.2, 0) is 46.5 Å². The Morgan fingerprint density at radius 2 is 1.51 bits per heavy atom. The van der Waals surface area contributed by atoms with Crippen molar-refractivity contribution in [1.29, 1.82) is 0 Å². The average molecular weight is 817 g/mol. The molecule has 14 nitrogen and oxygen atoms in total. The molecule has 0 saturated heterocycles. The number of esters is 2. The first-order chi connectivity index (χ1) is 27.1. The van der Waals surface area contributed by atoms with Crippen LogP contribution in [0, 0.1) is 11.6 Å². The quantitative estimate of drug-likeness (QED) is 0.0426. The first-order valence-electron chi connectivity index (χ1n) is 18.1. The molecule has 4 rings (SSSR count). The fraction of sp³-hybridized carbons (Fsp3) is 0.450. The van der Waals surface area contributed by atoms with Crippen LogP contribution in [0.1, 0.15) is 80.6 Å². The van der Waals surface area contributed by atoms with Gasteiger partial charge in [-0.25, -0.2) is 8.78 Å². The highest BCUT2D eigenvalue weighted by Crippen LogP contribution is 2.41. The standard InChI is InChI=1S/C40H46F2N2O12S/c1-7-9-32(47)43(23-45)14-17-53-34(49)12-10-27(46)31-19-25-30(57-31)20-29(52-6)39(36(25)41)55-16-8-15-54-38-28(51-5)18-24-21-44(22-26(24)37(38)42)33(48)11-13-35(50)56-40(2,3)4/h7,9,18-20,23H,8,10-17,21-22H2,1-6H3/b9-7-. The summed E-state index contributed by atoms with van der Waals surface area (Å²) in [5.74, 6) is -4.06. The van der Waals surface area contributed by atoms with Crippen LogP contribution >= 0.6 is 11.3 Å². The lowest BCUT2D eigenvalue weighted by atomic mass is 10.1. The molecule has 2 heterocycles. The highest BCUT2D eigenvalue weighted by molar-refractivity contribution is 7.20. The molecular formula is C40H46F2N2O12S. The van der Waals surface area contributed by atoms with E-state index in [9.17, 15) is 28.8 Å². The minimum Gasteiger partial charge on any atom is -0.493 e. The van der Waals surface area contributed by atoms with Crippen molar-refractivity contribution in [3.05, 3.63) is 58.0 Å². The van der Waals surface area contributed by atoms with Gasteiger partial charge in [0.05, 0.1) is 51.7 Å². The molecule has 17 heteroatoms. The summed E-state index contributed by atoms with van der Waals surface area (Å²) < 4.78 is 64.4. The number of nitrogens with zero attached hydrogens (tertiary/aromatic N) is 2. The maximum atomic E-state index is 15.8. The van der Waals surface area contributed by atoms with Crippen molar-refractivity contribution < 1.29 is 66.0 Å². The number of ether oxygens (including phenoxy) is 6. The second kappa shape index (κ2) is 20.0. The van der Waals surface area contributed by atoms with E-state index in [-0.39, 0.29) is 116 Å². The van der Waals surface area contributed by atoms with Crippen LogP contribution in [0.25, 0.3) is 10.1 Å². The topological polar surface area (TPSA) is 164 Å². The number of amides is 3. The summed E-state index contributed by atoms with van der Waals surface area (Å²) in [6.07, 6.45) is 2.53. The number of methoxy groups -OCH3 is 2. The fourth-order valence-corrected chi connectivity index (χ4v) is 6.79. The molecule has 0 radical (unpaired) electrons. The van der Waals surface area contributed by atoms with Gasteiger partial charge in [-0.3, -0.25) is 33.7 Å². The fourth-order valence-electron chi connectivity index (χ4n) is 5.74. The van der Waals surface area contributed by atoms with Crippen LogP contribution in [0.4, 0.5) is 8.78 Å².